The van der Waals surface area contributed by atoms with Crippen molar-refractivity contribution in [2.45, 2.75) is 65.5 Å². The fourth-order valence-electron chi connectivity index (χ4n) is 3.21. The molecule has 1 N–H and O–H groups in total. The normalized spacial score (nSPS) is 23.2. The van der Waals surface area contributed by atoms with Crippen LogP contribution >= 0.6 is 11.6 Å². The summed E-state index contributed by atoms with van der Waals surface area (Å²) in [5, 5.41) is 3.65. The molecule has 0 aliphatic heterocycles. The van der Waals surface area contributed by atoms with Crippen LogP contribution in [0.15, 0.2) is 24.3 Å². The zero-order chi connectivity index (χ0) is 17.0. The highest BCUT2D eigenvalue weighted by Gasteiger charge is 2.30. The predicted molar refractivity (Wildman–Crippen MR) is 94.9 cm³/mol. The van der Waals surface area contributed by atoms with Gasteiger partial charge in [-0.3, -0.25) is 4.79 Å². The second-order valence-corrected chi connectivity index (χ2v) is 8.02. The molecule has 0 radical (unpaired) electrons. The lowest BCUT2D eigenvalue weighted by atomic mass is 9.71. The summed E-state index contributed by atoms with van der Waals surface area (Å²) in [5.74, 6) is 1.23. The quantitative estimate of drug-likeness (QED) is 0.854. The van der Waals surface area contributed by atoms with E-state index in [4.69, 9.17) is 16.3 Å². The van der Waals surface area contributed by atoms with Crippen molar-refractivity contribution in [3.05, 3.63) is 29.3 Å². The van der Waals surface area contributed by atoms with Crippen LogP contribution in [-0.2, 0) is 4.79 Å². The van der Waals surface area contributed by atoms with E-state index in [1.807, 2.05) is 12.1 Å². The Labute approximate surface area is 144 Å². The van der Waals surface area contributed by atoms with Gasteiger partial charge >= 0.3 is 0 Å². The molecule has 1 aliphatic carbocycles. The molecule has 1 unspecified atom stereocenters. The third kappa shape index (κ3) is 5.13. The van der Waals surface area contributed by atoms with Gasteiger partial charge in [-0.25, -0.2) is 0 Å². The van der Waals surface area contributed by atoms with Crippen molar-refractivity contribution in [1.29, 1.82) is 0 Å². The molecular weight excluding hydrogens is 310 g/mol. The van der Waals surface area contributed by atoms with E-state index >= 15 is 0 Å². The van der Waals surface area contributed by atoms with E-state index in [1.165, 1.54) is 12.8 Å². The lowest BCUT2D eigenvalue weighted by molar-refractivity contribution is -0.128. The number of para-hydroxylation sites is 1. The minimum absolute atomic E-state index is 0.0656. The fraction of sp³-hybridized carbons (Fsp3) is 0.632. The summed E-state index contributed by atoms with van der Waals surface area (Å²) in [4.78, 5) is 12.3. The summed E-state index contributed by atoms with van der Waals surface area (Å²) in [6.45, 7) is 8.67. The number of hydrogen-bond donors (Lipinski definition) is 1. The number of benzene rings is 1. The Morgan fingerprint density at radius 3 is 2.39 bits per heavy atom. The van der Waals surface area contributed by atoms with Gasteiger partial charge in [-0.15, -0.1) is 0 Å². The van der Waals surface area contributed by atoms with Crippen molar-refractivity contribution >= 4 is 17.5 Å². The summed E-state index contributed by atoms with van der Waals surface area (Å²) >= 11 is 6.07. The Kier molecular flexibility index (Phi) is 5.96. The van der Waals surface area contributed by atoms with Gasteiger partial charge in [-0.1, -0.05) is 44.5 Å². The zero-order valence-electron chi connectivity index (χ0n) is 14.6. The molecule has 0 spiro atoms. The number of ether oxygens (including phenoxy) is 1. The van der Waals surface area contributed by atoms with Crippen LogP contribution in [0.4, 0.5) is 0 Å². The van der Waals surface area contributed by atoms with Crippen molar-refractivity contribution in [2.24, 2.45) is 11.3 Å². The predicted octanol–water partition coefficient (Wildman–Crippen LogP) is 4.83. The molecule has 4 heteroatoms. The first-order valence-corrected chi connectivity index (χ1v) is 8.86. The maximum Gasteiger partial charge on any atom is 0.260 e. The summed E-state index contributed by atoms with van der Waals surface area (Å²) < 4.78 is 5.68. The third-order valence-corrected chi connectivity index (χ3v) is 5.12. The van der Waals surface area contributed by atoms with Gasteiger partial charge in [-0.2, -0.15) is 0 Å². The van der Waals surface area contributed by atoms with Gasteiger partial charge in [0.2, 0.25) is 0 Å². The highest BCUT2D eigenvalue weighted by Crippen LogP contribution is 2.37. The fourth-order valence-corrected chi connectivity index (χ4v) is 3.39. The molecular formula is C19H28ClNO2. The van der Waals surface area contributed by atoms with E-state index in [2.05, 4.69) is 26.1 Å². The lowest BCUT2D eigenvalue weighted by Crippen LogP contribution is -2.44. The Morgan fingerprint density at radius 1 is 1.22 bits per heavy atom. The smallest absolute Gasteiger partial charge is 0.260 e. The largest absolute Gasteiger partial charge is 0.479 e. The Morgan fingerprint density at radius 2 is 1.83 bits per heavy atom. The number of carbonyl (C=O) groups is 1. The van der Waals surface area contributed by atoms with E-state index in [9.17, 15) is 4.79 Å². The van der Waals surface area contributed by atoms with E-state index in [-0.39, 0.29) is 11.9 Å². The highest BCUT2D eigenvalue weighted by molar-refractivity contribution is 6.32. The summed E-state index contributed by atoms with van der Waals surface area (Å²) in [7, 11) is 0. The minimum Gasteiger partial charge on any atom is -0.479 e. The average Bonchev–Trinajstić information content (AvgIpc) is 2.49. The Bertz CT molecular complexity index is 530. The van der Waals surface area contributed by atoms with Crippen molar-refractivity contribution in [2.75, 3.05) is 0 Å². The van der Waals surface area contributed by atoms with Crippen LogP contribution in [0.3, 0.4) is 0 Å². The number of rotatable bonds is 4. The SMILES string of the molecule is CC(Oc1ccccc1Cl)C(=O)NC1CCC(C(C)(C)C)CC1. The van der Waals surface area contributed by atoms with Crippen LogP contribution in [0.1, 0.15) is 53.4 Å². The molecule has 23 heavy (non-hydrogen) atoms. The van der Waals surface area contributed by atoms with Crippen molar-refractivity contribution in [1.82, 2.24) is 5.32 Å². The van der Waals surface area contributed by atoms with Gasteiger partial charge in [0, 0.05) is 6.04 Å². The molecule has 1 aromatic rings. The van der Waals surface area contributed by atoms with Crippen LogP contribution in [0.2, 0.25) is 5.02 Å². The number of halogens is 1. The maximum absolute atomic E-state index is 12.3. The molecule has 1 amide bonds. The number of hydrogen-bond acceptors (Lipinski definition) is 2. The zero-order valence-corrected chi connectivity index (χ0v) is 15.3. The van der Waals surface area contributed by atoms with Gasteiger partial charge in [-0.05, 0) is 56.1 Å². The maximum atomic E-state index is 12.3. The molecule has 1 fully saturated rings. The molecule has 1 atom stereocenters. The second-order valence-electron chi connectivity index (χ2n) is 7.61. The molecule has 0 aromatic heterocycles. The Hall–Kier alpha value is -1.22. The van der Waals surface area contributed by atoms with Crippen molar-refractivity contribution in [3.63, 3.8) is 0 Å². The first-order valence-electron chi connectivity index (χ1n) is 8.49. The molecule has 2 rings (SSSR count). The van der Waals surface area contributed by atoms with Crippen LogP contribution in [0.25, 0.3) is 0 Å². The van der Waals surface area contributed by atoms with Gasteiger partial charge in [0.1, 0.15) is 5.75 Å². The minimum atomic E-state index is -0.546. The topological polar surface area (TPSA) is 38.3 Å². The molecule has 0 saturated heterocycles. The third-order valence-electron chi connectivity index (χ3n) is 4.81. The van der Waals surface area contributed by atoms with E-state index in [0.717, 1.165) is 18.8 Å². The molecule has 0 heterocycles. The summed E-state index contributed by atoms with van der Waals surface area (Å²) in [6, 6.07) is 7.49. The molecule has 0 bridgehead atoms. The lowest BCUT2D eigenvalue weighted by Gasteiger charge is -2.37. The first kappa shape index (κ1) is 18.1. The number of carbonyl (C=O) groups excluding carboxylic acids is 1. The van der Waals surface area contributed by atoms with Gasteiger partial charge in [0.15, 0.2) is 6.10 Å². The van der Waals surface area contributed by atoms with Crippen molar-refractivity contribution < 1.29 is 9.53 Å². The average molecular weight is 338 g/mol. The monoisotopic (exact) mass is 337 g/mol. The summed E-state index contributed by atoms with van der Waals surface area (Å²) in [5.41, 5.74) is 0.357. The highest BCUT2D eigenvalue weighted by atomic mass is 35.5. The van der Waals surface area contributed by atoms with E-state index in [0.29, 0.717) is 16.2 Å². The van der Waals surface area contributed by atoms with Gasteiger partial charge in [0.25, 0.3) is 5.91 Å². The van der Waals surface area contributed by atoms with Crippen LogP contribution in [0.5, 0.6) is 5.75 Å². The van der Waals surface area contributed by atoms with Crippen LogP contribution in [0, 0.1) is 11.3 Å². The molecule has 3 nitrogen and oxygen atoms in total. The Balaban J connectivity index is 1.82. The van der Waals surface area contributed by atoms with Crippen LogP contribution < -0.4 is 10.1 Å². The van der Waals surface area contributed by atoms with Gasteiger partial charge in [0.05, 0.1) is 5.02 Å². The molecule has 1 aliphatic rings. The summed E-state index contributed by atoms with van der Waals surface area (Å²) in [6.07, 6.45) is 3.90. The molecule has 1 aromatic carbocycles. The van der Waals surface area contributed by atoms with E-state index < -0.39 is 6.10 Å². The standard InChI is InChI=1S/C19H28ClNO2/c1-13(23-17-8-6-5-7-16(17)20)18(22)21-15-11-9-14(10-12-15)19(2,3)4/h5-8,13-15H,9-12H2,1-4H3,(H,21,22). The van der Waals surface area contributed by atoms with Gasteiger partial charge < -0.3 is 10.1 Å². The van der Waals surface area contributed by atoms with E-state index in [1.54, 1.807) is 19.1 Å². The van der Waals surface area contributed by atoms with Crippen molar-refractivity contribution in [3.8, 4) is 5.75 Å². The molecule has 128 valence electrons. The number of amides is 1. The molecule has 1 saturated carbocycles. The first-order chi connectivity index (χ1) is 10.8. The van der Waals surface area contributed by atoms with Crippen LogP contribution in [-0.4, -0.2) is 18.1 Å². The second kappa shape index (κ2) is 7.57. The number of nitrogens with one attached hydrogen (secondary N) is 1.